The van der Waals surface area contributed by atoms with Crippen molar-refractivity contribution in [3.8, 4) is 0 Å². The lowest BCUT2D eigenvalue weighted by molar-refractivity contribution is -0.124. The van der Waals surface area contributed by atoms with Crippen molar-refractivity contribution in [3.63, 3.8) is 0 Å². The Hall–Kier alpha value is -0.950. The lowest BCUT2D eigenvalue weighted by atomic mass is 10.1. The van der Waals surface area contributed by atoms with Crippen molar-refractivity contribution in [2.75, 3.05) is 19.7 Å². The van der Waals surface area contributed by atoms with Crippen LogP contribution < -0.4 is 10.6 Å². The second-order valence-corrected chi connectivity index (χ2v) is 5.67. The van der Waals surface area contributed by atoms with Crippen LogP contribution in [-0.2, 0) is 16.1 Å². The van der Waals surface area contributed by atoms with E-state index in [0.29, 0.717) is 13.2 Å². The van der Waals surface area contributed by atoms with Crippen LogP contribution in [-0.4, -0.2) is 42.9 Å². The Morgan fingerprint density at radius 3 is 3.26 bits per heavy atom. The van der Waals surface area contributed by atoms with Gasteiger partial charge in [0.15, 0.2) is 0 Å². The van der Waals surface area contributed by atoms with E-state index in [4.69, 9.17) is 4.74 Å². The summed E-state index contributed by atoms with van der Waals surface area (Å²) in [6.07, 6.45) is 1.22. The highest BCUT2D eigenvalue weighted by Gasteiger charge is 2.21. The smallest absolute Gasteiger partial charge is 0.237 e. The zero-order chi connectivity index (χ0) is 13.5. The molecule has 0 aromatic carbocycles. The van der Waals surface area contributed by atoms with Gasteiger partial charge in [-0.25, -0.2) is 0 Å². The molecule has 2 rings (SSSR count). The maximum Gasteiger partial charge on any atom is 0.237 e. The Bertz CT molecular complexity index is 383. The van der Waals surface area contributed by atoms with Crippen LogP contribution in [0.2, 0.25) is 0 Å². The van der Waals surface area contributed by atoms with Gasteiger partial charge in [-0.3, -0.25) is 4.79 Å². The molecule has 1 aromatic rings. The van der Waals surface area contributed by atoms with Crippen LogP contribution in [0.5, 0.6) is 0 Å². The van der Waals surface area contributed by atoms with Gasteiger partial charge in [0.25, 0.3) is 0 Å². The minimum atomic E-state index is -0.588. The van der Waals surface area contributed by atoms with E-state index in [0.717, 1.165) is 24.3 Å². The molecule has 2 unspecified atom stereocenters. The summed E-state index contributed by atoms with van der Waals surface area (Å²) in [6, 6.07) is 3.80. The predicted octanol–water partition coefficient (Wildman–Crippen LogP) is 0.494. The molecule has 1 aromatic heterocycles. The zero-order valence-corrected chi connectivity index (χ0v) is 11.6. The van der Waals surface area contributed by atoms with Crippen LogP contribution in [0.4, 0.5) is 0 Å². The van der Waals surface area contributed by atoms with Crippen LogP contribution in [0, 0.1) is 0 Å². The number of thiophene rings is 1. The van der Waals surface area contributed by atoms with Gasteiger partial charge in [-0.1, -0.05) is 6.07 Å². The van der Waals surface area contributed by atoms with Crippen LogP contribution >= 0.6 is 11.3 Å². The number of amides is 1. The number of nitrogens with one attached hydrogen (secondary N) is 2. The Kier molecular flexibility index (Phi) is 5.78. The fourth-order valence-corrected chi connectivity index (χ4v) is 2.63. The van der Waals surface area contributed by atoms with Gasteiger partial charge in [0.2, 0.25) is 5.91 Å². The predicted molar refractivity (Wildman–Crippen MR) is 74.0 cm³/mol. The third-order valence-corrected chi connectivity index (χ3v) is 3.87. The van der Waals surface area contributed by atoms with Crippen molar-refractivity contribution >= 4 is 17.2 Å². The first-order valence-electron chi connectivity index (χ1n) is 6.55. The molecule has 0 spiro atoms. The van der Waals surface area contributed by atoms with Gasteiger partial charge in [0.1, 0.15) is 0 Å². The summed E-state index contributed by atoms with van der Waals surface area (Å²) in [4.78, 5) is 12.6. The standard InChI is InChI=1S/C13H20N2O3S/c16-10(8-18-9-11-3-2-6-19-11)7-15-12-4-1-5-14-13(12)17/h2-3,6,10,12,15-16H,1,4-5,7-9H2,(H,14,17). The van der Waals surface area contributed by atoms with Gasteiger partial charge in [0, 0.05) is 18.0 Å². The Balaban J connectivity index is 1.58. The van der Waals surface area contributed by atoms with E-state index in [1.807, 2.05) is 17.5 Å². The Morgan fingerprint density at radius 2 is 2.53 bits per heavy atom. The number of ether oxygens (including phenoxy) is 1. The SMILES string of the molecule is O=C1NCCCC1NCC(O)COCc1cccs1. The molecule has 0 saturated carbocycles. The van der Waals surface area contributed by atoms with E-state index in [1.54, 1.807) is 11.3 Å². The molecule has 2 heterocycles. The maximum atomic E-state index is 11.5. The average molecular weight is 284 g/mol. The van der Waals surface area contributed by atoms with Gasteiger partial charge in [-0.2, -0.15) is 0 Å². The highest BCUT2D eigenvalue weighted by Crippen LogP contribution is 2.09. The summed E-state index contributed by atoms with van der Waals surface area (Å²) in [5.74, 6) is 0.0259. The van der Waals surface area contributed by atoms with E-state index in [2.05, 4.69) is 10.6 Å². The van der Waals surface area contributed by atoms with Crippen molar-refractivity contribution in [1.29, 1.82) is 0 Å². The van der Waals surface area contributed by atoms with Gasteiger partial charge < -0.3 is 20.5 Å². The topological polar surface area (TPSA) is 70.6 Å². The first-order chi connectivity index (χ1) is 9.25. The molecule has 6 heteroatoms. The molecule has 3 N–H and O–H groups in total. The molecule has 1 fully saturated rings. The molecule has 106 valence electrons. The summed E-state index contributed by atoms with van der Waals surface area (Å²) < 4.78 is 5.43. The number of carbonyl (C=O) groups excluding carboxylic acids is 1. The second kappa shape index (κ2) is 7.59. The van der Waals surface area contributed by atoms with Crippen LogP contribution in [0.1, 0.15) is 17.7 Å². The third-order valence-electron chi connectivity index (χ3n) is 3.02. The van der Waals surface area contributed by atoms with Crippen molar-refractivity contribution in [1.82, 2.24) is 10.6 Å². The van der Waals surface area contributed by atoms with Crippen LogP contribution in [0.3, 0.4) is 0 Å². The van der Waals surface area contributed by atoms with E-state index in [-0.39, 0.29) is 18.6 Å². The third kappa shape index (κ3) is 4.91. The molecule has 0 radical (unpaired) electrons. The molecular weight excluding hydrogens is 264 g/mol. The van der Waals surface area contributed by atoms with Crippen molar-refractivity contribution in [2.45, 2.75) is 31.6 Å². The fraction of sp³-hybridized carbons (Fsp3) is 0.615. The van der Waals surface area contributed by atoms with Gasteiger partial charge in [0.05, 0.1) is 25.4 Å². The number of hydrogen-bond acceptors (Lipinski definition) is 5. The molecule has 19 heavy (non-hydrogen) atoms. The highest BCUT2D eigenvalue weighted by atomic mass is 32.1. The largest absolute Gasteiger partial charge is 0.389 e. The quantitative estimate of drug-likeness (QED) is 0.682. The average Bonchev–Trinajstić information content (AvgIpc) is 2.91. The fourth-order valence-electron chi connectivity index (χ4n) is 1.99. The monoisotopic (exact) mass is 284 g/mol. The number of carbonyl (C=O) groups is 1. The first kappa shape index (κ1) is 14.5. The summed E-state index contributed by atoms with van der Waals surface area (Å²) in [5, 5.41) is 17.7. The van der Waals surface area contributed by atoms with Crippen LogP contribution in [0.25, 0.3) is 0 Å². The van der Waals surface area contributed by atoms with Gasteiger partial charge in [-0.05, 0) is 24.3 Å². The maximum absolute atomic E-state index is 11.5. The minimum absolute atomic E-state index is 0.0259. The lowest BCUT2D eigenvalue weighted by Crippen LogP contribution is -2.50. The summed E-state index contributed by atoms with van der Waals surface area (Å²) in [7, 11) is 0. The van der Waals surface area contributed by atoms with Crippen molar-refractivity contribution < 1.29 is 14.6 Å². The number of aliphatic hydroxyl groups excluding tert-OH is 1. The highest BCUT2D eigenvalue weighted by molar-refractivity contribution is 7.09. The summed E-state index contributed by atoms with van der Waals surface area (Å²) >= 11 is 1.64. The molecule has 1 aliphatic rings. The van der Waals surface area contributed by atoms with E-state index < -0.39 is 6.10 Å². The molecule has 2 atom stereocenters. The van der Waals surface area contributed by atoms with Gasteiger partial charge >= 0.3 is 0 Å². The second-order valence-electron chi connectivity index (χ2n) is 4.64. The first-order valence-corrected chi connectivity index (χ1v) is 7.43. The van der Waals surface area contributed by atoms with E-state index in [1.165, 1.54) is 0 Å². The van der Waals surface area contributed by atoms with Crippen molar-refractivity contribution in [3.05, 3.63) is 22.4 Å². The lowest BCUT2D eigenvalue weighted by Gasteiger charge is -2.24. The molecule has 0 aliphatic carbocycles. The van der Waals surface area contributed by atoms with E-state index >= 15 is 0 Å². The molecule has 0 bridgehead atoms. The Morgan fingerprint density at radius 1 is 1.63 bits per heavy atom. The molecule has 1 amide bonds. The van der Waals surface area contributed by atoms with Crippen LogP contribution in [0.15, 0.2) is 17.5 Å². The molecule has 1 saturated heterocycles. The number of aliphatic hydroxyl groups is 1. The summed E-state index contributed by atoms with van der Waals surface area (Å²) in [5.41, 5.74) is 0. The number of hydrogen-bond donors (Lipinski definition) is 3. The molecule has 5 nitrogen and oxygen atoms in total. The molecular formula is C13H20N2O3S. The normalized spacial score (nSPS) is 21.1. The van der Waals surface area contributed by atoms with Gasteiger partial charge in [-0.15, -0.1) is 11.3 Å². The summed E-state index contributed by atoms with van der Waals surface area (Å²) in [6.45, 7) is 1.93. The van der Waals surface area contributed by atoms with Crippen molar-refractivity contribution in [2.24, 2.45) is 0 Å². The Labute approximate surface area is 117 Å². The zero-order valence-electron chi connectivity index (χ0n) is 10.8. The van der Waals surface area contributed by atoms with E-state index in [9.17, 15) is 9.90 Å². The number of piperidine rings is 1. The minimum Gasteiger partial charge on any atom is -0.389 e. The number of rotatable bonds is 7. The molecule has 1 aliphatic heterocycles.